The summed E-state index contributed by atoms with van der Waals surface area (Å²) in [6, 6.07) is 8.13. The zero-order valence-electron chi connectivity index (χ0n) is 10.2. The highest BCUT2D eigenvalue weighted by atomic mass is 79.9. The molecule has 1 aliphatic heterocycles. The normalized spacial score (nSPS) is 24.0. The summed E-state index contributed by atoms with van der Waals surface area (Å²) in [6.07, 6.45) is 2.37. The second-order valence-electron chi connectivity index (χ2n) is 5.10. The molecule has 3 nitrogen and oxygen atoms in total. The zero-order chi connectivity index (χ0) is 13.2. The Morgan fingerprint density at radius 2 is 2.22 bits per heavy atom. The van der Waals surface area contributed by atoms with Gasteiger partial charge in [-0.15, -0.1) is 0 Å². The smallest absolute Gasteiger partial charge is 0.150 e. The van der Waals surface area contributed by atoms with E-state index < -0.39 is 9.84 Å². The van der Waals surface area contributed by atoms with Crippen molar-refractivity contribution in [2.45, 2.75) is 25.3 Å². The lowest BCUT2D eigenvalue weighted by molar-refractivity contribution is 0.468. The third-order valence-corrected chi connectivity index (χ3v) is 5.68. The molecule has 5 heteroatoms. The first kappa shape index (κ1) is 14.0. The van der Waals surface area contributed by atoms with Crippen LogP contribution in [0.3, 0.4) is 0 Å². The average molecular weight is 332 g/mol. The summed E-state index contributed by atoms with van der Waals surface area (Å²) in [5.41, 5.74) is 7.31. The summed E-state index contributed by atoms with van der Waals surface area (Å²) < 4.78 is 23.8. The molecule has 1 saturated heterocycles. The van der Waals surface area contributed by atoms with Gasteiger partial charge in [-0.2, -0.15) is 0 Å². The third-order valence-electron chi connectivity index (χ3n) is 3.35. The van der Waals surface area contributed by atoms with Crippen LogP contribution in [0.15, 0.2) is 28.7 Å². The van der Waals surface area contributed by atoms with Crippen LogP contribution < -0.4 is 5.73 Å². The molecule has 100 valence electrons. The molecule has 0 aliphatic carbocycles. The quantitative estimate of drug-likeness (QED) is 0.919. The number of nitrogens with two attached hydrogens (primary N) is 1. The Morgan fingerprint density at radius 3 is 2.83 bits per heavy atom. The molecular formula is C13H18BrNO2S. The lowest BCUT2D eigenvalue weighted by Gasteiger charge is -2.15. The van der Waals surface area contributed by atoms with Crippen molar-refractivity contribution in [3.63, 3.8) is 0 Å². The van der Waals surface area contributed by atoms with E-state index in [9.17, 15) is 8.42 Å². The second kappa shape index (κ2) is 5.72. The highest BCUT2D eigenvalue weighted by Gasteiger charge is 2.28. The molecule has 2 unspecified atom stereocenters. The molecule has 2 atom stereocenters. The Bertz CT molecular complexity index is 515. The fourth-order valence-electron chi connectivity index (χ4n) is 2.54. The van der Waals surface area contributed by atoms with Crippen LogP contribution in [-0.2, 0) is 16.3 Å². The fraction of sp³-hybridized carbons (Fsp3) is 0.538. The maximum atomic E-state index is 11.4. The van der Waals surface area contributed by atoms with E-state index in [1.165, 1.54) is 5.56 Å². The topological polar surface area (TPSA) is 60.2 Å². The van der Waals surface area contributed by atoms with Crippen LogP contribution in [0, 0.1) is 5.92 Å². The van der Waals surface area contributed by atoms with Crippen LogP contribution in [0.4, 0.5) is 0 Å². The predicted octanol–water partition coefficient (Wildman–Crippen LogP) is 2.14. The van der Waals surface area contributed by atoms with Gasteiger partial charge in [0, 0.05) is 10.5 Å². The van der Waals surface area contributed by atoms with Crippen molar-refractivity contribution in [2.24, 2.45) is 11.7 Å². The molecule has 1 fully saturated rings. The SMILES string of the molecule is NC(Cc1cccc(Br)c1)CC1CCS(=O)(=O)C1. The van der Waals surface area contributed by atoms with Crippen LogP contribution in [0.1, 0.15) is 18.4 Å². The maximum Gasteiger partial charge on any atom is 0.150 e. The minimum atomic E-state index is -2.78. The lowest BCUT2D eigenvalue weighted by Crippen LogP contribution is -2.26. The summed E-state index contributed by atoms with van der Waals surface area (Å²) in [7, 11) is -2.78. The molecule has 1 aromatic rings. The largest absolute Gasteiger partial charge is 0.327 e. The highest BCUT2D eigenvalue weighted by Crippen LogP contribution is 2.23. The first-order valence-corrected chi connectivity index (χ1v) is 8.76. The first-order valence-electron chi connectivity index (χ1n) is 6.15. The number of benzene rings is 1. The summed E-state index contributed by atoms with van der Waals surface area (Å²) in [5, 5.41) is 0. The molecule has 0 spiro atoms. The van der Waals surface area contributed by atoms with Crippen LogP contribution in [0.2, 0.25) is 0 Å². The van der Waals surface area contributed by atoms with Gasteiger partial charge in [-0.05, 0) is 42.9 Å². The highest BCUT2D eigenvalue weighted by molar-refractivity contribution is 9.10. The van der Waals surface area contributed by atoms with Crippen molar-refractivity contribution in [1.29, 1.82) is 0 Å². The van der Waals surface area contributed by atoms with E-state index in [1.807, 2.05) is 12.1 Å². The number of hydrogen-bond donors (Lipinski definition) is 1. The van der Waals surface area contributed by atoms with E-state index in [-0.39, 0.29) is 12.0 Å². The molecule has 0 radical (unpaired) electrons. The Morgan fingerprint density at radius 1 is 1.44 bits per heavy atom. The van der Waals surface area contributed by atoms with Gasteiger partial charge >= 0.3 is 0 Å². The standard InChI is InChI=1S/C13H18BrNO2S/c14-12-3-1-2-10(6-12)7-13(15)8-11-4-5-18(16,17)9-11/h1-3,6,11,13H,4-5,7-9,15H2. The maximum absolute atomic E-state index is 11.4. The van der Waals surface area contributed by atoms with Gasteiger partial charge in [-0.25, -0.2) is 8.42 Å². The number of halogens is 1. The van der Waals surface area contributed by atoms with Gasteiger partial charge < -0.3 is 5.73 Å². The van der Waals surface area contributed by atoms with E-state index >= 15 is 0 Å². The van der Waals surface area contributed by atoms with Crippen molar-refractivity contribution in [3.8, 4) is 0 Å². The molecule has 1 aliphatic rings. The zero-order valence-corrected chi connectivity index (χ0v) is 12.6. The van der Waals surface area contributed by atoms with Gasteiger partial charge in [-0.1, -0.05) is 28.1 Å². The van der Waals surface area contributed by atoms with E-state index in [1.54, 1.807) is 0 Å². The Balaban J connectivity index is 1.88. The van der Waals surface area contributed by atoms with Crippen molar-refractivity contribution < 1.29 is 8.42 Å². The molecule has 2 N–H and O–H groups in total. The molecular weight excluding hydrogens is 314 g/mol. The second-order valence-corrected chi connectivity index (χ2v) is 8.24. The Labute approximate surface area is 117 Å². The predicted molar refractivity (Wildman–Crippen MR) is 77.2 cm³/mol. The van der Waals surface area contributed by atoms with Crippen LogP contribution in [0.5, 0.6) is 0 Å². The molecule has 0 bridgehead atoms. The van der Waals surface area contributed by atoms with Crippen molar-refractivity contribution in [2.75, 3.05) is 11.5 Å². The van der Waals surface area contributed by atoms with Gasteiger partial charge in [0.15, 0.2) is 9.84 Å². The Kier molecular flexibility index (Phi) is 4.45. The minimum absolute atomic E-state index is 0.0394. The Hall–Kier alpha value is -0.390. The third kappa shape index (κ3) is 4.07. The van der Waals surface area contributed by atoms with Crippen molar-refractivity contribution >= 4 is 25.8 Å². The lowest BCUT2D eigenvalue weighted by atomic mass is 9.95. The molecule has 1 heterocycles. The summed E-state index contributed by atoms with van der Waals surface area (Å²) in [5.74, 6) is 0.901. The number of hydrogen-bond acceptors (Lipinski definition) is 3. The van der Waals surface area contributed by atoms with Crippen molar-refractivity contribution in [1.82, 2.24) is 0 Å². The summed E-state index contributed by atoms with van der Waals surface area (Å²) >= 11 is 3.44. The molecule has 1 aromatic carbocycles. The van der Waals surface area contributed by atoms with Gasteiger partial charge in [0.25, 0.3) is 0 Å². The van der Waals surface area contributed by atoms with Crippen LogP contribution in [-0.4, -0.2) is 26.0 Å². The molecule has 2 rings (SSSR count). The van der Waals surface area contributed by atoms with Gasteiger partial charge in [0.1, 0.15) is 0 Å². The van der Waals surface area contributed by atoms with E-state index in [0.717, 1.165) is 23.7 Å². The summed E-state index contributed by atoms with van der Waals surface area (Å²) in [4.78, 5) is 0. The summed E-state index contributed by atoms with van der Waals surface area (Å²) in [6.45, 7) is 0. The van der Waals surface area contributed by atoms with Crippen LogP contribution in [0.25, 0.3) is 0 Å². The molecule has 0 aromatic heterocycles. The average Bonchev–Trinajstić information content (AvgIpc) is 2.57. The molecule has 18 heavy (non-hydrogen) atoms. The fourth-order valence-corrected chi connectivity index (χ4v) is 4.86. The molecule has 0 amide bonds. The number of sulfone groups is 1. The van der Waals surface area contributed by atoms with E-state index in [0.29, 0.717) is 11.5 Å². The number of rotatable bonds is 4. The first-order chi connectivity index (χ1) is 8.44. The van der Waals surface area contributed by atoms with Gasteiger partial charge in [0.2, 0.25) is 0 Å². The van der Waals surface area contributed by atoms with Gasteiger partial charge in [-0.3, -0.25) is 0 Å². The van der Waals surface area contributed by atoms with Crippen molar-refractivity contribution in [3.05, 3.63) is 34.3 Å². The van der Waals surface area contributed by atoms with Gasteiger partial charge in [0.05, 0.1) is 11.5 Å². The minimum Gasteiger partial charge on any atom is -0.327 e. The van der Waals surface area contributed by atoms with E-state index in [2.05, 4.69) is 28.1 Å². The van der Waals surface area contributed by atoms with E-state index in [4.69, 9.17) is 5.73 Å². The monoisotopic (exact) mass is 331 g/mol. The van der Waals surface area contributed by atoms with Crippen LogP contribution >= 0.6 is 15.9 Å². The molecule has 0 saturated carbocycles.